The fraction of sp³-hybridized carbons (Fsp3) is 0.917. The zero-order chi connectivity index (χ0) is 11.4. The predicted molar refractivity (Wildman–Crippen MR) is 71.3 cm³/mol. The molecule has 0 N–H and O–H groups in total. The summed E-state index contributed by atoms with van der Waals surface area (Å²) in [6.45, 7) is 3.70. The van der Waals surface area contributed by atoms with Gasteiger partial charge in [-0.2, -0.15) is 11.8 Å². The van der Waals surface area contributed by atoms with Crippen LogP contribution >= 0.6 is 23.5 Å². The van der Waals surface area contributed by atoms with Crippen molar-refractivity contribution in [1.29, 1.82) is 0 Å². The van der Waals surface area contributed by atoms with Crippen LogP contribution in [0.15, 0.2) is 0 Å². The number of thioether (sulfide) groups is 2. The van der Waals surface area contributed by atoms with E-state index in [4.69, 9.17) is 4.74 Å². The molecule has 0 radical (unpaired) electrons. The standard InChI is InChI=1S/C12H20O2S2/c1-2-10-12(16-7-6-15-10)11(13)9-4-3-5-14-8-9/h9-10,12H,2-8H2,1H3. The van der Waals surface area contributed by atoms with E-state index in [1.807, 2.05) is 23.5 Å². The average Bonchev–Trinajstić information content (AvgIpc) is 2.39. The Kier molecular flexibility index (Phi) is 5.04. The molecule has 2 nitrogen and oxygen atoms in total. The molecule has 2 saturated heterocycles. The zero-order valence-corrected chi connectivity index (χ0v) is 11.4. The quantitative estimate of drug-likeness (QED) is 0.779. The minimum absolute atomic E-state index is 0.180. The highest BCUT2D eigenvalue weighted by atomic mass is 32.2. The monoisotopic (exact) mass is 260 g/mol. The lowest BCUT2D eigenvalue weighted by Crippen LogP contribution is -2.39. The van der Waals surface area contributed by atoms with Crippen LogP contribution in [0.25, 0.3) is 0 Å². The maximum Gasteiger partial charge on any atom is 0.152 e. The third kappa shape index (κ3) is 2.96. The Morgan fingerprint density at radius 3 is 2.88 bits per heavy atom. The van der Waals surface area contributed by atoms with Gasteiger partial charge >= 0.3 is 0 Å². The van der Waals surface area contributed by atoms with Gasteiger partial charge in [-0.05, 0) is 19.3 Å². The van der Waals surface area contributed by atoms with Crippen molar-refractivity contribution in [3.63, 3.8) is 0 Å². The van der Waals surface area contributed by atoms with E-state index < -0.39 is 0 Å². The molecule has 16 heavy (non-hydrogen) atoms. The first kappa shape index (κ1) is 12.8. The summed E-state index contributed by atoms with van der Waals surface area (Å²) in [7, 11) is 0. The van der Waals surface area contributed by atoms with Gasteiger partial charge in [0, 0.05) is 29.3 Å². The minimum atomic E-state index is 0.180. The van der Waals surface area contributed by atoms with Crippen molar-refractivity contribution >= 4 is 29.3 Å². The third-order valence-electron chi connectivity index (χ3n) is 3.30. The van der Waals surface area contributed by atoms with Crippen LogP contribution in [-0.2, 0) is 9.53 Å². The summed E-state index contributed by atoms with van der Waals surface area (Å²) >= 11 is 3.85. The SMILES string of the molecule is CCC1SCCSC1C(=O)C1CCCOC1. The Morgan fingerprint density at radius 2 is 2.19 bits per heavy atom. The van der Waals surface area contributed by atoms with E-state index in [0.717, 1.165) is 31.6 Å². The number of rotatable bonds is 3. The number of ether oxygens (including phenoxy) is 1. The van der Waals surface area contributed by atoms with Crippen LogP contribution in [0.3, 0.4) is 0 Å². The van der Waals surface area contributed by atoms with Gasteiger partial charge in [-0.3, -0.25) is 4.79 Å². The van der Waals surface area contributed by atoms with Crippen molar-refractivity contribution in [2.24, 2.45) is 5.92 Å². The molecule has 3 unspecified atom stereocenters. The summed E-state index contributed by atoms with van der Waals surface area (Å²) in [6, 6.07) is 0. The molecular weight excluding hydrogens is 240 g/mol. The average molecular weight is 260 g/mol. The van der Waals surface area contributed by atoms with Crippen LogP contribution in [0, 0.1) is 5.92 Å². The first-order valence-corrected chi connectivity index (χ1v) is 8.27. The van der Waals surface area contributed by atoms with Gasteiger partial charge in [0.25, 0.3) is 0 Å². The molecule has 3 atom stereocenters. The minimum Gasteiger partial charge on any atom is -0.381 e. The predicted octanol–water partition coefficient (Wildman–Crippen LogP) is 2.61. The maximum absolute atomic E-state index is 12.4. The van der Waals surface area contributed by atoms with Gasteiger partial charge in [-0.1, -0.05) is 6.92 Å². The number of hydrogen-bond acceptors (Lipinski definition) is 4. The van der Waals surface area contributed by atoms with Crippen LogP contribution in [0.4, 0.5) is 0 Å². The van der Waals surface area contributed by atoms with E-state index in [9.17, 15) is 4.79 Å². The summed E-state index contributed by atoms with van der Waals surface area (Å²) in [6.07, 6.45) is 3.20. The molecule has 0 aliphatic carbocycles. The molecule has 2 rings (SSSR count). The van der Waals surface area contributed by atoms with Crippen LogP contribution in [0.5, 0.6) is 0 Å². The Bertz CT molecular complexity index is 239. The lowest BCUT2D eigenvalue weighted by atomic mass is 9.93. The summed E-state index contributed by atoms with van der Waals surface area (Å²) in [4.78, 5) is 12.4. The molecule has 2 aliphatic heterocycles. The second-order valence-electron chi connectivity index (χ2n) is 4.43. The number of carbonyl (C=O) groups is 1. The lowest BCUT2D eigenvalue weighted by molar-refractivity contribution is -0.126. The van der Waals surface area contributed by atoms with Crippen molar-refractivity contribution in [2.75, 3.05) is 24.7 Å². The van der Waals surface area contributed by atoms with E-state index in [1.54, 1.807) is 0 Å². The summed E-state index contributed by atoms with van der Waals surface area (Å²) in [5.41, 5.74) is 0. The van der Waals surface area contributed by atoms with Gasteiger partial charge in [0.2, 0.25) is 0 Å². The zero-order valence-electron chi connectivity index (χ0n) is 9.81. The van der Waals surface area contributed by atoms with Crippen molar-refractivity contribution in [3.05, 3.63) is 0 Å². The van der Waals surface area contributed by atoms with Gasteiger partial charge in [-0.25, -0.2) is 0 Å². The first-order valence-electron chi connectivity index (χ1n) is 6.17. The normalized spacial score (nSPS) is 35.9. The highest BCUT2D eigenvalue weighted by Crippen LogP contribution is 2.36. The number of carbonyl (C=O) groups excluding carboxylic acids is 1. The Hall–Kier alpha value is 0.330. The van der Waals surface area contributed by atoms with Crippen molar-refractivity contribution in [1.82, 2.24) is 0 Å². The Balaban J connectivity index is 1.95. The van der Waals surface area contributed by atoms with Crippen molar-refractivity contribution in [3.8, 4) is 0 Å². The van der Waals surface area contributed by atoms with Crippen LogP contribution in [0.2, 0.25) is 0 Å². The number of hydrogen-bond donors (Lipinski definition) is 0. The molecule has 2 aliphatic rings. The molecule has 0 aromatic rings. The van der Waals surface area contributed by atoms with E-state index in [2.05, 4.69) is 6.92 Å². The van der Waals surface area contributed by atoms with Crippen molar-refractivity contribution in [2.45, 2.75) is 36.7 Å². The molecule has 0 spiro atoms. The number of ketones is 1. The molecule has 2 fully saturated rings. The van der Waals surface area contributed by atoms with Gasteiger partial charge in [-0.15, -0.1) is 11.8 Å². The highest BCUT2D eigenvalue weighted by molar-refractivity contribution is 8.07. The smallest absolute Gasteiger partial charge is 0.152 e. The van der Waals surface area contributed by atoms with E-state index >= 15 is 0 Å². The topological polar surface area (TPSA) is 26.3 Å². The molecule has 0 aromatic heterocycles. The number of Topliss-reactive ketones (excluding diaryl/α,β-unsaturated/α-hetero) is 1. The second kappa shape index (κ2) is 6.31. The Morgan fingerprint density at radius 1 is 1.38 bits per heavy atom. The molecule has 0 aromatic carbocycles. The molecule has 4 heteroatoms. The van der Waals surface area contributed by atoms with Gasteiger partial charge in [0.05, 0.1) is 11.9 Å². The summed E-state index contributed by atoms with van der Waals surface area (Å²) in [5.74, 6) is 2.97. The van der Waals surface area contributed by atoms with Crippen molar-refractivity contribution < 1.29 is 9.53 Å². The van der Waals surface area contributed by atoms with E-state index in [1.165, 1.54) is 5.75 Å². The second-order valence-corrected chi connectivity index (χ2v) is 7.02. The van der Waals surface area contributed by atoms with E-state index in [0.29, 0.717) is 17.6 Å². The third-order valence-corrected chi connectivity index (χ3v) is 6.56. The van der Waals surface area contributed by atoms with Crippen LogP contribution in [0.1, 0.15) is 26.2 Å². The van der Waals surface area contributed by atoms with Gasteiger partial charge in [0.15, 0.2) is 5.78 Å². The molecule has 0 amide bonds. The highest BCUT2D eigenvalue weighted by Gasteiger charge is 2.35. The fourth-order valence-corrected chi connectivity index (χ4v) is 5.47. The van der Waals surface area contributed by atoms with Gasteiger partial charge < -0.3 is 4.74 Å². The maximum atomic E-state index is 12.4. The Labute approximate surface area is 106 Å². The first-order chi connectivity index (χ1) is 7.83. The molecule has 2 heterocycles. The molecule has 0 bridgehead atoms. The molecule has 92 valence electrons. The largest absolute Gasteiger partial charge is 0.381 e. The summed E-state index contributed by atoms with van der Waals surface area (Å²) < 4.78 is 5.43. The summed E-state index contributed by atoms with van der Waals surface area (Å²) in [5, 5.41) is 0.767. The van der Waals surface area contributed by atoms with Gasteiger partial charge in [0.1, 0.15) is 0 Å². The molecular formula is C12H20O2S2. The van der Waals surface area contributed by atoms with Crippen LogP contribution < -0.4 is 0 Å². The lowest BCUT2D eigenvalue weighted by Gasteiger charge is -2.32. The molecule has 0 saturated carbocycles. The van der Waals surface area contributed by atoms with E-state index in [-0.39, 0.29) is 11.2 Å². The van der Waals surface area contributed by atoms with Crippen LogP contribution in [-0.4, -0.2) is 41.0 Å². The fourth-order valence-electron chi connectivity index (χ4n) is 2.36.